The average molecular weight is 289 g/mol. The van der Waals surface area contributed by atoms with Gasteiger partial charge in [0.1, 0.15) is 5.75 Å². The number of phenols is 1. The minimum absolute atomic E-state index is 0.127. The molecule has 0 heterocycles. The van der Waals surface area contributed by atoms with E-state index in [2.05, 4.69) is 5.32 Å². The van der Waals surface area contributed by atoms with Gasteiger partial charge in [-0.3, -0.25) is 4.79 Å². The van der Waals surface area contributed by atoms with Gasteiger partial charge >= 0.3 is 0 Å². The number of hydrogen-bond donors (Lipinski definition) is 2. The van der Waals surface area contributed by atoms with Gasteiger partial charge in [0.15, 0.2) is 0 Å². The zero-order valence-corrected chi connectivity index (χ0v) is 11.9. The topological polar surface area (TPSA) is 49.3 Å². The molecular weight excluding hydrogens is 274 g/mol. The van der Waals surface area contributed by atoms with Gasteiger partial charge in [-0.05, 0) is 47.5 Å². The summed E-state index contributed by atoms with van der Waals surface area (Å²) in [5, 5.41) is 12.2. The first-order valence-electron chi connectivity index (χ1n) is 6.98. The number of anilines is 1. The van der Waals surface area contributed by atoms with Gasteiger partial charge in [-0.1, -0.05) is 42.5 Å². The summed E-state index contributed by atoms with van der Waals surface area (Å²) in [7, 11) is 0. The number of rotatable bonds is 3. The Balaban J connectivity index is 1.74. The van der Waals surface area contributed by atoms with Gasteiger partial charge in [-0.2, -0.15) is 0 Å². The molecule has 0 saturated carbocycles. The summed E-state index contributed by atoms with van der Waals surface area (Å²) in [5.74, 6) is 0.119. The third-order valence-electron chi connectivity index (χ3n) is 3.38. The molecule has 3 nitrogen and oxygen atoms in total. The van der Waals surface area contributed by atoms with Crippen molar-refractivity contribution in [1.82, 2.24) is 0 Å². The number of hydrogen-bond acceptors (Lipinski definition) is 2. The van der Waals surface area contributed by atoms with Crippen molar-refractivity contribution >= 4 is 11.6 Å². The number of phenolic OH excluding ortho intramolecular Hbond substituents is 1. The molecular formula is C19H15NO2. The zero-order chi connectivity index (χ0) is 15.4. The van der Waals surface area contributed by atoms with E-state index in [1.807, 2.05) is 54.6 Å². The molecule has 0 atom stereocenters. The lowest BCUT2D eigenvalue weighted by molar-refractivity contribution is 0.102. The number of aromatic hydroxyl groups is 1. The van der Waals surface area contributed by atoms with E-state index in [0.29, 0.717) is 5.56 Å². The van der Waals surface area contributed by atoms with E-state index in [-0.39, 0.29) is 11.7 Å². The van der Waals surface area contributed by atoms with Crippen LogP contribution in [0.2, 0.25) is 0 Å². The standard InChI is InChI=1S/C19H15NO2/c21-18-12-8-15(9-13-18)14-6-10-17(11-7-14)20-19(22)16-4-2-1-3-5-16/h1-13,21H,(H,20,22). The third kappa shape index (κ3) is 3.15. The van der Waals surface area contributed by atoms with Gasteiger partial charge in [0, 0.05) is 11.3 Å². The molecule has 3 rings (SSSR count). The van der Waals surface area contributed by atoms with Crippen molar-refractivity contribution < 1.29 is 9.90 Å². The van der Waals surface area contributed by atoms with Crippen molar-refractivity contribution in [2.45, 2.75) is 0 Å². The van der Waals surface area contributed by atoms with Crippen molar-refractivity contribution in [2.75, 3.05) is 5.32 Å². The molecule has 0 radical (unpaired) electrons. The molecule has 0 aliphatic heterocycles. The first-order chi connectivity index (χ1) is 10.7. The highest BCUT2D eigenvalue weighted by molar-refractivity contribution is 6.04. The van der Waals surface area contributed by atoms with Crippen LogP contribution in [0, 0.1) is 0 Å². The Labute approximate surface area is 128 Å². The van der Waals surface area contributed by atoms with Crippen molar-refractivity contribution in [3.63, 3.8) is 0 Å². The second-order valence-corrected chi connectivity index (χ2v) is 4.94. The molecule has 22 heavy (non-hydrogen) atoms. The predicted molar refractivity (Wildman–Crippen MR) is 87.9 cm³/mol. The largest absolute Gasteiger partial charge is 0.508 e. The Bertz CT molecular complexity index is 763. The van der Waals surface area contributed by atoms with Gasteiger partial charge in [0.25, 0.3) is 5.91 Å². The van der Waals surface area contributed by atoms with Crippen LogP contribution < -0.4 is 5.32 Å². The molecule has 3 aromatic rings. The van der Waals surface area contributed by atoms with Crippen LogP contribution in [-0.4, -0.2) is 11.0 Å². The zero-order valence-electron chi connectivity index (χ0n) is 11.9. The minimum atomic E-state index is -0.127. The summed E-state index contributed by atoms with van der Waals surface area (Å²) in [6.07, 6.45) is 0. The van der Waals surface area contributed by atoms with E-state index in [1.54, 1.807) is 24.3 Å². The highest BCUT2D eigenvalue weighted by Crippen LogP contribution is 2.23. The first kappa shape index (κ1) is 13.9. The maximum atomic E-state index is 12.1. The van der Waals surface area contributed by atoms with Crippen LogP contribution in [0.25, 0.3) is 11.1 Å². The van der Waals surface area contributed by atoms with Crippen molar-refractivity contribution in [3.8, 4) is 16.9 Å². The van der Waals surface area contributed by atoms with E-state index in [0.717, 1.165) is 16.8 Å². The number of carbonyl (C=O) groups excluding carboxylic acids is 1. The Morgan fingerprint density at radius 2 is 1.27 bits per heavy atom. The number of benzene rings is 3. The van der Waals surface area contributed by atoms with Crippen LogP contribution in [0.5, 0.6) is 5.75 Å². The van der Waals surface area contributed by atoms with E-state index in [9.17, 15) is 9.90 Å². The van der Waals surface area contributed by atoms with Crippen molar-refractivity contribution in [3.05, 3.63) is 84.4 Å². The van der Waals surface area contributed by atoms with E-state index < -0.39 is 0 Å². The SMILES string of the molecule is O=C(Nc1ccc(-c2ccc(O)cc2)cc1)c1ccccc1. The van der Waals surface area contributed by atoms with Crippen LogP contribution >= 0.6 is 0 Å². The minimum Gasteiger partial charge on any atom is -0.508 e. The predicted octanol–water partition coefficient (Wildman–Crippen LogP) is 4.31. The number of nitrogens with one attached hydrogen (secondary N) is 1. The molecule has 0 aliphatic rings. The monoisotopic (exact) mass is 289 g/mol. The molecule has 1 amide bonds. The Hall–Kier alpha value is -3.07. The highest BCUT2D eigenvalue weighted by Gasteiger charge is 2.05. The van der Waals surface area contributed by atoms with Gasteiger partial charge in [-0.15, -0.1) is 0 Å². The molecule has 2 N–H and O–H groups in total. The summed E-state index contributed by atoms with van der Waals surface area (Å²) in [5.41, 5.74) is 3.41. The Morgan fingerprint density at radius 1 is 0.727 bits per heavy atom. The third-order valence-corrected chi connectivity index (χ3v) is 3.38. The van der Waals surface area contributed by atoms with Crippen molar-refractivity contribution in [1.29, 1.82) is 0 Å². The lowest BCUT2D eigenvalue weighted by Crippen LogP contribution is -2.11. The quantitative estimate of drug-likeness (QED) is 0.754. The second kappa shape index (κ2) is 6.14. The van der Waals surface area contributed by atoms with Gasteiger partial charge in [0.05, 0.1) is 0 Å². The molecule has 0 saturated heterocycles. The molecule has 3 aromatic carbocycles. The van der Waals surface area contributed by atoms with Gasteiger partial charge < -0.3 is 10.4 Å². The summed E-state index contributed by atoms with van der Waals surface area (Å²) in [6.45, 7) is 0. The fraction of sp³-hybridized carbons (Fsp3) is 0. The van der Waals surface area contributed by atoms with E-state index in [1.165, 1.54) is 0 Å². The molecule has 0 aliphatic carbocycles. The summed E-state index contributed by atoms with van der Waals surface area (Å²) >= 11 is 0. The van der Waals surface area contributed by atoms with Crippen LogP contribution in [-0.2, 0) is 0 Å². The Morgan fingerprint density at radius 3 is 1.86 bits per heavy atom. The molecule has 0 unspecified atom stereocenters. The lowest BCUT2D eigenvalue weighted by atomic mass is 10.1. The maximum absolute atomic E-state index is 12.1. The maximum Gasteiger partial charge on any atom is 0.255 e. The Kier molecular flexibility index (Phi) is 3.88. The lowest BCUT2D eigenvalue weighted by Gasteiger charge is -2.07. The summed E-state index contributed by atoms with van der Waals surface area (Å²) in [6, 6.07) is 23.7. The smallest absolute Gasteiger partial charge is 0.255 e. The number of carbonyl (C=O) groups is 1. The fourth-order valence-corrected chi connectivity index (χ4v) is 2.19. The van der Waals surface area contributed by atoms with E-state index in [4.69, 9.17) is 0 Å². The molecule has 0 bridgehead atoms. The van der Waals surface area contributed by atoms with Gasteiger partial charge in [-0.25, -0.2) is 0 Å². The van der Waals surface area contributed by atoms with E-state index >= 15 is 0 Å². The molecule has 108 valence electrons. The van der Waals surface area contributed by atoms with Crippen LogP contribution in [0.1, 0.15) is 10.4 Å². The molecule has 3 heteroatoms. The molecule has 0 fully saturated rings. The average Bonchev–Trinajstić information content (AvgIpc) is 2.57. The van der Waals surface area contributed by atoms with Crippen LogP contribution in [0.15, 0.2) is 78.9 Å². The highest BCUT2D eigenvalue weighted by atomic mass is 16.3. The normalized spacial score (nSPS) is 10.2. The van der Waals surface area contributed by atoms with Crippen molar-refractivity contribution in [2.24, 2.45) is 0 Å². The van der Waals surface area contributed by atoms with Crippen LogP contribution in [0.4, 0.5) is 5.69 Å². The first-order valence-corrected chi connectivity index (χ1v) is 6.98. The number of amides is 1. The summed E-state index contributed by atoms with van der Waals surface area (Å²) < 4.78 is 0. The fourth-order valence-electron chi connectivity index (χ4n) is 2.19. The second-order valence-electron chi connectivity index (χ2n) is 4.94. The molecule has 0 aromatic heterocycles. The van der Waals surface area contributed by atoms with Crippen LogP contribution in [0.3, 0.4) is 0 Å². The summed E-state index contributed by atoms with van der Waals surface area (Å²) in [4.78, 5) is 12.1. The molecule has 0 spiro atoms. The van der Waals surface area contributed by atoms with Gasteiger partial charge in [0.2, 0.25) is 0 Å².